The van der Waals surface area contributed by atoms with Gasteiger partial charge in [0.2, 0.25) is 5.91 Å². The third kappa shape index (κ3) is 4.30. The van der Waals surface area contributed by atoms with E-state index in [1.807, 2.05) is 31.3 Å². The van der Waals surface area contributed by atoms with Crippen molar-refractivity contribution in [1.82, 2.24) is 15.3 Å². The van der Waals surface area contributed by atoms with Gasteiger partial charge in [0.1, 0.15) is 5.75 Å². The van der Waals surface area contributed by atoms with Crippen molar-refractivity contribution >= 4 is 43.5 Å². The highest BCUT2D eigenvalue weighted by Gasteiger charge is 2.27. The van der Waals surface area contributed by atoms with Gasteiger partial charge >= 0.3 is 0 Å². The predicted molar refractivity (Wildman–Crippen MR) is 131 cm³/mol. The molecule has 0 spiro atoms. The monoisotopic (exact) mass is 448 g/mol. The van der Waals surface area contributed by atoms with Gasteiger partial charge in [-0.3, -0.25) is 4.79 Å². The van der Waals surface area contributed by atoms with Gasteiger partial charge in [0.05, 0.1) is 22.7 Å². The third-order valence-corrected chi connectivity index (χ3v) is 7.17. The number of nitrogens with one attached hydrogen (secondary N) is 2. The van der Waals surface area contributed by atoms with E-state index in [4.69, 9.17) is 9.72 Å². The molecule has 3 heterocycles. The van der Waals surface area contributed by atoms with E-state index < -0.39 is 0 Å². The van der Waals surface area contributed by atoms with Gasteiger partial charge in [0, 0.05) is 36.7 Å². The number of carbonyl (C=O) groups is 1. The number of carbonyl (C=O) groups excluding carboxylic acids is 1. The first-order valence-electron chi connectivity index (χ1n) is 11.3. The SMILES string of the molecule is CCOc1ccc2nc(N3CCC[C@H](C(=O)NCCc4c[nH]c5ccccc45)C3)sc2c1. The van der Waals surface area contributed by atoms with Crippen LogP contribution < -0.4 is 15.0 Å². The summed E-state index contributed by atoms with van der Waals surface area (Å²) in [6.45, 7) is 4.95. The zero-order valence-electron chi connectivity index (χ0n) is 18.3. The maximum absolute atomic E-state index is 12.9. The van der Waals surface area contributed by atoms with E-state index in [0.29, 0.717) is 13.2 Å². The Hall–Kier alpha value is -3.06. The van der Waals surface area contributed by atoms with Crippen LogP contribution in [0.3, 0.4) is 0 Å². The summed E-state index contributed by atoms with van der Waals surface area (Å²) >= 11 is 1.67. The van der Waals surface area contributed by atoms with Crippen LogP contribution in [0.25, 0.3) is 21.1 Å². The fourth-order valence-electron chi connectivity index (χ4n) is 4.45. The standard InChI is InChI=1S/C25H28N4O2S/c1-2-31-19-9-10-22-23(14-19)32-25(28-22)29-13-5-6-18(16-29)24(30)26-12-11-17-15-27-21-8-4-3-7-20(17)21/h3-4,7-10,14-15,18,27H,2,5-6,11-13,16H2,1H3,(H,26,30)/t18-/m0/s1. The molecule has 2 N–H and O–H groups in total. The Morgan fingerprint density at radius 2 is 2.22 bits per heavy atom. The Labute approximate surface area is 191 Å². The van der Waals surface area contributed by atoms with Gasteiger partial charge in [-0.2, -0.15) is 0 Å². The average molecular weight is 449 g/mol. The van der Waals surface area contributed by atoms with Crippen LogP contribution in [0.1, 0.15) is 25.3 Å². The molecule has 1 aliphatic heterocycles. The van der Waals surface area contributed by atoms with Crippen LogP contribution in [0, 0.1) is 5.92 Å². The number of nitrogens with zero attached hydrogens (tertiary/aromatic N) is 2. The lowest BCUT2D eigenvalue weighted by Crippen LogP contribution is -2.43. The molecule has 2 aromatic heterocycles. The topological polar surface area (TPSA) is 70.2 Å². The van der Waals surface area contributed by atoms with Crippen molar-refractivity contribution < 1.29 is 9.53 Å². The quantitative estimate of drug-likeness (QED) is 0.428. The first-order chi connectivity index (χ1) is 15.7. The number of benzene rings is 2. The Morgan fingerprint density at radius 1 is 1.31 bits per heavy atom. The molecular weight excluding hydrogens is 420 g/mol. The molecule has 1 aliphatic rings. The zero-order valence-corrected chi connectivity index (χ0v) is 19.1. The lowest BCUT2D eigenvalue weighted by Gasteiger charge is -2.31. The van der Waals surface area contributed by atoms with E-state index in [2.05, 4.69) is 39.5 Å². The van der Waals surface area contributed by atoms with Gasteiger partial charge in [-0.25, -0.2) is 4.98 Å². The van der Waals surface area contributed by atoms with Crippen LogP contribution in [-0.2, 0) is 11.2 Å². The van der Waals surface area contributed by atoms with Crippen molar-refractivity contribution in [3.05, 3.63) is 54.2 Å². The van der Waals surface area contributed by atoms with Crippen LogP contribution >= 0.6 is 11.3 Å². The predicted octanol–water partition coefficient (Wildman–Crippen LogP) is 4.75. The van der Waals surface area contributed by atoms with Crippen molar-refractivity contribution in [2.75, 3.05) is 31.1 Å². The molecule has 166 valence electrons. The fourth-order valence-corrected chi connectivity index (χ4v) is 5.48. The molecule has 32 heavy (non-hydrogen) atoms. The van der Waals surface area contributed by atoms with Gasteiger partial charge in [-0.1, -0.05) is 29.5 Å². The minimum Gasteiger partial charge on any atom is -0.494 e. The van der Waals surface area contributed by atoms with E-state index in [1.54, 1.807) is 11.3 Å². The summed E-state index contributed by atoms with van der Waals surface area (Å²) in [5.74, 6) is 1.02. The molecule has 5 rings (SSSR count). The van der Waals surface area contributed by atoms with E-state index in [0.717, 1.165) is 59.0 Å². The Bertz CT molecular complexity index is 1230. The third-order valence-electron chi connectivity index (χ3n) is 6.09. The Morgan fingerprint density at radius 3 is 3.12 bits per heavy atom. The number of amides is 1. The average Bonchev–Trinajstić information content (AvgIpc) is 3.43. The molecule has 1 fully saturated rings. The first kappa shape index (κ1) is 20.8. The van der Waals surface area contributed by atoms with Crippen LogP contribution in [0.5, 0.6) is 5.75 Å². The Balaban J connectivity index is 1.20. The Kier molecular flexibility index (Phi) is 5.99. The second-order valence-corrected chi connectivity index (χ2v) is 9.25. The van der Waals surface area contributed by atoms with E-state index >= 15 is 0 Å². The minimum atomic E-state index is -0.00211. The van der Waals surface area contributed by atoms with Crippen molar-refractivity contribution in [1.29, 1.82) is 0 Å². The molecule has 2 aromatic carbocycles. The van der Waals surface area contributed by atoms with Gasteiger partial charge < -0.3 is 19.9 Å². The summed E-state index contributed by atoms with van der Waals surface area (Å²) in [5.41, 5.74) is 3.37. The number of aromatic nitrogens is 2. The molecular formula is C25H28N4O2S. The number of anilines is 1. The lowest BCUT2D eigenvalue weighted by atomic mass is 9.97. The van der Waals surface area contributed by atoms with Gasteiger partial charge in [-0.15, -0.1) is 0 Å². The molecule has 0 saturated carbocycles. The number of fused-ring (bicyclic) bond motifs is 2. The minimum absolute atomic E-state index is 0.00211. The highest BCUT2D eigenvalue weighted by molar-refractivity contribution is 7.22. The van der Waals surface area contributed by atoms with E-state index in [9.17, 15) is 4.79 Å². The zero-order chi connectivity index (χ0) is 21.9. The molecule has 1 saturated heterocycles. The van der Waals surface area contributed by atoms with Crippen LogP contribution in [-0.4, -0.2) is 42.1 Å². The number of rotatable bonds is 7. The maximum atomic E-state index is 12.9. The first-order valence-corrected chi connectivity index (χ1v) is 12.1. The smallest absolute Gasteiger partial charge is 0.224 e. The lowest BCUT2D eigenvalue weighted by molar-refractivity contribution is -0.125. The van der Waals surface area contributed by atoms with Crippen LogP contribution in [0.4, 0.5) is 5.13 Å². The molecule has 0 bridgehead atoms. The number of thiazole rings is 1. The van der Waals surface area contributed by atoms with Crippen molar-refractivity contribution in [2.24, 2.45) is 5.92 Å². The highest BCUT2D eigenvalue weighted by atomic mass is 32.1. The van der Waals surface area contributed by atoms with E-state index in [1.165, 1.54) is 10.9 Å². The molecule has 1 atom stereocenters. The number of hydrogen-bond acceptors (Lipinski definition) is 5. The number of para-hydroxylation sites is 1. The number of aromatic amines is 1. The number of hydrogen-bond donors (Lipinski definition) is 2. The second kappa shape index (κ2) is 9.20. The van der Waals surface area contributed by atoms with Gasteiger partial charge in [0.15, 0.2) is 5.13 Å². The molecule has 7 heteroatoms. The largest absolute Gasteiger partial charge is 0.494 e. The summed E-state index contributed by atoms with van der Waals surface area (Å²) in [6.07, 6.45) is 4.80. The molecule has 4 aromatic rings. The molecule has 0 unspecified atom stereocenters. The molecule has 0 aliphatic carbocycles. The summed E-state index contributed by atoms with van der Waals surface area (Å²) in [6, 6.07) is 14.3. The normalized spacial score (nSPS) is 16.5. The van der Waals surface area contributed by atoms with Gasteiger partial charge in [0.25, 0.3) is 0 Å². The van der Waals surface area contributed by atoms with Crippen LogP contribution in [0.2, 0.25) is 0 Å². The van der Waals surface area contributed by atoms with E-state index in [-0.39, 0.29) is 11.8 Å². The van der Waals surface area contributed by atoms with Gasteiger partial charge in [-0.05, 0) is 56.0 Å². The van der Waals surface area contributed by atoms with Crippen LogP contribution in [0.15, 0.2) is 48.7 Å². The second-order valence-electron chi connectivity index (χ2n) is 8.24. The number of ether oxygens (including phenoxy) is 1. The highest BCUT2D eigenvalue weighted by Crippen LogP contribution is 2.33. The van der Waals surface area contributed by atoms with Crippen molar-refractivity contribution in [3.63, 3.8) is 0 Å². The molecule has 1 amide bonds. The number of piperidine rings is 1. The summed E-state index contributed by atoms with van der Waals surface area (Å²) < 4.78 is 6.74. The van der Waals surface area contributed by atoms with Crippen molar-refractivity contribution in [2.45, 2.75) is 26.2 Å². The maximum Gasteiger partial charge on any atom is 0.224 e. The summed E-state index contributed by atoms with van der Waals surface area (Å²) in [7, 11) is 0. The fraction of sp³-hybridized carbons (Fsp3) is 0.360. The number of H-pyrrole nitrogens is 1. The van der Waals surface area contributed by atoms with Crippen molar-refractivity contribution in [3.8, 4) is 5.75 Å². The molecule has 0 radical (unpaired) electrons. The molecule has 6 nitrogen and oxygen atoms in total. The summed E-state index contributed by atoms with van der Waals surface area (Å²) in [4.78, 5) is 23.3. The summed E-state index contributed by atoms with van der Waals surface area (Å²) in [5, 5.41) is 5.38.